The summed E-state index contributed by atoms with van der Waals surface area (Å²) in [6, 6.07) is 0.214. The van der Waals surface area contributed by atoms with Gasteiger partial charge in [0.05, 0.1) is 0 Å². The van der Waals surface area contributed by atoms with Gasteiger partial charge in [-0.05, 0) is 47.0 Å². The van der Waals surface area contributed by atoms with Crippen molar-refractivity contribution in [1.29, 1.82) is 0 Å². The fourth-order valence-corrected chi connectivity index (χ4v) is 2.11. The Hall–Kier alpha value is -1.26. The lowest BCUT2D eigenvalue weighted by atomic mass is 9.96. The fourth-order valence-electron chi connectivity index (χ4n) is 2.11. The second-order valence-electron chi connectivity index (χ2n) is 6.56. The van der Waals surface area contributed by atoms with Crippen LogP contribution in [0.1, 0.15) is 53.9 Å². The molecule has 1 rings (SSSR count). The predicted molar refractivity (Wildman–Crippen MR) is 78.4 cm³/mol. The van der Waals surface area contributed by atoms with Gasteiger partial charge in [0.15, 0.2) is 0 Å². The Morgan fingerprint density at radius 3 is 2.30 bits per heavy atom. The third kappa shape index (κ3) is 5.39. The van der Waals surface area contributed by atoms with Gasteiger partial charge in [0, 0.05) is 25.0 Å². The van der Waals surface area contributed by atoms with Gasteiger partial charge in [0.25, 0.3) is 0 Å². The van der Waals surface area contributed by atoms with Gasteiger partial charge in [-0.25, -0.2) is 4.79 Å². The van der Waals surface area contributed by atoms with Gasteiger partial charge in [-0.15, -0.1) is 0 Å². The van der Waals surface area contributed by atoms with Crippen LogP contribution in [-0.4, -0.2) is 41.6 Å². The fraction of sp³-hybridized carbons (Fsp3) is 0.867. The quantitative estimate of drug-likeness (QED) is 0.866. The zero-order valence-corrected chi connectivity index (χ0v) is 13.4. The molecule has 1 aliphatic heterocycles. The van der Waals surface area contributed by atoms with Crippen molar-refractivity contribution in [3.8, 4) is 0 Å². The Kier molecular flexibility index (Phi) is 5.84. The van der Waals surface area contributed by atoms with E-state index in [0.717, 1.165) is 6.42 Å². The number of rotatable bonds is 3. The summed E-state index contributed by atoms with van der Waals surface area (Å²) in [7, 11) is 0. The molecule has 1 saturated heterocycles. The van der Waals surface area contributed by atoms with Gasteiger partial charge in [0.2, 0.25) is 5.91 Å². The van der Waals surface area contributed by atoms with E-state index in [2.05, 4.69) is 12.2 Å². The van der Waals surface area contributed by atoms with Gasteiger partial charge < -0.3 is 15.0 Å². The minimum atomic E-state index is -0.470. The van der Waals surface area contributed by atoms with Gasteiger partial charge >= 0.3 is 6.09 Å². The van der Waals surface area contributed by atoms with Crippen LogP contribution in [0, 0.1) is 5.92 Å². The molecule has 5 heteroatoms. The first-order chi connectivity index (χ1) is 9.23. The van der Waals surface area contributed by atoms with Crippen LogP contribution < -0.4 is 5.32 Å². The molecule has 0 aromatic rings. The lowest BCUT2D eigenvalue weighted by Crippen LogP contribution is -2.46. The van der Waals surface area contributed by atoms with Crippen molar-refractivity contribution in [2.45, 2.75) is 65.5 Å². The van der Waals surface area contributed by atoms with Crippen LogP contribution in [0.25, 0.3) is 0 Å². The Balaban J connectivity index is 2.40. The van der Waals surface area contributed by atoms with Gasteiger partial charge in [-0.2, -0.15) is 0 Å². The lowest BCUT2D eigenvalue weighted by molar-refractivity contribution is -0.127. The van der Waals surface area contributed by atoms with Crippen molar-refractivity contribution in [2.75, 3.05) is 13.1 Å². The van der Waals surface area contributed by atoms with Crippen molar-refractivity contribution in [3.63, 3.8) is 0 Å². The molecule has 1 fully saturated rings. The SMILES string of the molecule is CCC(C)NC(=O)C1CCN(C(=O)OC(C)(C)C)CC1. The Bertz CT molecular complexity index is 342. The van der Waals surface area contributed by atoms with Crippen molar-refractivity contribution in [1.82, 2.24) is 10.2 Å². The van der Waals surface area contributed by atoms with E-state index in [4.69, 9.17) is 4.74 Å². The number of nitrogens with zero attached hydrogens (tertiary/aromatic N) is 1. The van der Waals surface area contributed by atoms with Crippen LogP contribution in [0.15, 0.2) is 0 Å². The molecule has 0 spiro atoms. The first-order valence-electron chi connectivity index (χ1n) is 7.51. The van der Waals surface area contributed by atoms with E-state index in [1.54, 1.807) is 4.90 Å². The first kappa shape index (κ1) is 16.8. The van der Waals surface area contributed by atoms with Crippen LogP contribution in [0.5, 0.6) is 0 Å². The molecule has 1 heterocycles. The maximum atomic E-state index is 12.0. The number of nitrogens with one attached hydrogen (secondary N) is 1. The number of carbonyl (C=O) groups excluding carboxylic acids is 2. The van der Waals surface area contributed by atoms with Crippen LogP contribution in [-0.2, 0) is 9.53 Å². The largest absolute Gasteiger partial charge is 0.444 e. The molecule has 20 heavy (non-hydrogen) atoms. The van der Waals surface area contributed by atoms with E-state index in [9.17, 15) is 9.59 Å². The standard InChI is InChI=1S/C15H28N2O3/c1-6-11(2)16-13(18)12-7-9-17(10-8-12)14(19)20-15(3,4)5/h11-12H,6-10H2,1-5H3,(H,16,18). The third-order valence-corrected chi connectivity index (χ3v) is 3.52. The van der Waals surface area contributed by atoms with Crippen molar-refractivity contribution < 1.29 is 14.3 Å². The van der Waals surface area contributed by atoms with Gasteiger partial charge in [-0.1, -0.05) is 6.92 Å². The van der Waals surface area contributed by atoms with Crippen LogP contribution >= 0.6 is 0 Å². The normalized spacial score (nSPS) is 18.6. The number of hydrogen-bond donors (Lipinski definition) is 1. The molecular formula is C15H28N2O3. The summed E-state index contributed by atoms with van der Waals surface area (Å²) in [5, 5.41) is 3.01. The van der Waals surface area contributed by atoms with E-state index in [-0.39, 0.29) is 24.0 Å². The summed E-state index contributed by atoms with van der Waals surface area (Å²) in [6.45, 7) is 10.8. The maximum absolute atomic E-state index is 12.0. The lowest BCUT2D eigenvalue weighted by Gasteiger charge is -2.33. The predicted octanol–water partition coefficient (Wildman–Crippen LogP) is 2.55. The summed E-state index contributed by atoms with van der Waals surface area (Å²) in [5.74, 6) is 0.130. The second kappa shape index (κ2) is 6.95. The maximum Gasteiger partial charge on any atom is 0.410 e. The van der Waals surface area contributed by atoms with Crippen LogP contribution in [0.3, 0.4) is 0 Å². The van der Waals surface area contributed by atoms with Crippen molar-refractivity contribution in [3.05, 3.63) is 0 Å². The summed E-state index contributed by atoms with van der Waals surface area (Å²) in [6.07, 6.45) is 2.07. The molecule has 0 aromatic carbocycles. The second-order valence-corrected chi connectivity index (χ2v) is 6.56. The number of ether oxygens (including phenoxy) is 1. The van der Waals surface area contributed by atoms with Gasteiger partial charge in [0.1, 0.15) is 5.60 Å². The monoisotopic (exact) mass is 284 g/mol. The summed E-state index contributed by atoms with van der Waals surface area (Å²) >= 11 is 0. The molecular weight excluding hydrogens is 256 g/mol. The average Bonchev–Trinajstić information content (AvgIpc) is 2.36. The zero-order chi connectivity index (χ0) is 15.3. The highest BCUT2D eigenvalue weighted by Gasteiger charge is 2.30. The highest BCUT2D eigenvalue weighted by Crippen LogP contribution is 2.20. The molecule has 0 aromatic heterocycles. The number of likely N-dealkylation sites (tertiary alicyclic amines) is 1. The van der Waals surface area contributed by atoms with Crippen molar-refractivity contribution in [2.24, 2.45) is 5.92 Å². The number of amides is 2. The molecule has 116 valence electrons. The van der Waals surface area contributed by atoms with E-state index in [1.807, 2.05) is 27.7 Å². The van der Waals surface area contributed by atoms with E-state index >= 15 is 0 Å². The molecule has 1 unspecified atom stereocenters. The topological polar surface area (TPSA) is 58.6 Å². The summed E-state index contributed by atoms with van der Waals surface area (Å²) in [5.41, 5.74) is -0.470. The summed E-state index contributed by atoms with van der Waals surface area (Å²) in [4.78, 5) is 25.6. The molecule has 0 saturated carbocycles. The summed E-state index contributed by atoms with van der Waals surface area (Å²) < 4.78 is 5.34. The van der Waals surface area contributed by atoms with Crippen molar-refractivity contribution >= 4 is 12.0 Å². The highest BCUT2D eigenvalue weighted by atomic mass is 16.6. The first-order valence-corrected chi connectivity index (χ1v) is 7.51. The Labute approximate surface area is 122 Å². The smallest absolute Gasteiger partial charge is 0.410 e. The molecule has 1 N–H and O–H groups in total. The molecule has 1 aliphatic rings. The van der Waals surface area contributed by atoms with E-state index < -0.39 is 5.60 Å². The molecule has 0 radical (unpaired) electrons. The number of piperidine rings is 1. The zero-order valence-electron chi connectivity index (χ0n) is 13.4. The molecule has 2 amide bonds. The van der Waals surface area contributed by atoms with Gasteiger partial charge in [-0.3, -0.25) is 4.79 Å². The van der Waals surface area contributed by atoms with Crippen LogP contribution in [0.2, 0.25) is 0 Å². The van der Waals surface area contributed by atoms with Crippen LogP contribution in [0.4, 0.5) is 4.79 Å². The number of hydrogen-bond acceptors (Lipinski definition) is 3. The molecule has 0 aliphatic carbocycles. The minimum Gasteiger partial charge on any atom is -0.444 e. The Morgan fingerprint density at radius 1 is 1.30 bits per heavy atom. The molecule has 0 bridgehead atoms. The molecule has 1 atom stereocenters. The minimum absolute atomic E-state index is 0.0164. The van der Waals surface area contributed by atoms with E-state index in [0.29, 0.717) is 25.9 Å². The highest BCUT2D eigenvalue weighted by molar-refractivity contribution is 5.79. The molecule has 5 nitrogen and oxygen atoms in total. The van der Waals surface area contributed by atoms with E-state index in [1.165, 1.54) is 0 Å². The third-order valence-electron chi connectivity index (χ3n) is 3.52. The average molecular weight is 284 g/mol. The Morgan fingerprint density at radius 2 is 1.85 bits per heavy atom. The number of carbonyl (C=O) groups is 2.